The van der Waals surface area contributed by atoms with Crippen LogP contribution in [-0.4, -0.2) is 22.8 Å². The summed E-state index contributed by atoms with van der Waals surface area (Å²) in [4.78, 5) is 24.4. The van der Waals surface area contributed by atoms with Gasteiger partial charge in [0.2, 0.25) is 0 Å². The van der Waals surface area contributed by atoms with Crippen molar-refractivity contribution in [3.63, 3.8) is 0 Å². The van der Waals surface area contributed by atoms with Crippen LogP contribution in [0, 0.1) is 0 Å². The summed E-state index contributed by atoms with van der Waals surface area (Å²) in [5.41, 5.74) is 0.649. The molecule has 3 rings (SSSR count). The average Bonchev–Trinajstić information content (AvgIpc) is 3.20. The Hall–Kier alpha value is -3.35. The van der Waals surface area contributed by atoms with Gasteiger partial charge in [-0.1, -0.05) is 18.2 Å². The number of hydrogen-bond donors (Lipinski definition) is 1. The fraction of sp³-hybridized carbons (Fsp3) is 0.211. The van der Waals surface area contributed by atoms with Gasteiger partial charge in [-0.15, -0.1) is 0 Å². The SMILES string of the molecule is CCn1nc(C(=O)NC(c2ccco2)c2ccccc2OC)ccc1=O. The number of rotatable bonds is 6. The minimum atomic E-state index is -0.558. The van der Waals surface area contributed by atoms with Crippen molar-refractivity contribution in [3.8, 4) is 5.75 Å². The molecule has 0 spiro atoms. The number of methoxy groups -OCH3 is 1. The largest absolute Gasteiger partial charge is 0.496 e. The lowest BCUT2D eigenvalue weighted by Gasteiger charge is -2.19. The predicted molar refractivity (Wildman–Crippen MR) is 95.2 cm³/mol. The first-order valence-electron chi connectivity index (χ1n) is 8.19. The summed E-state index contributed by atoms with van der Waals surface area (Å²) in [6.45, 7) is 2.17. The van der Waals surface area contributed by atoms with E-state index in [1.54, 1.807) is 32.4 Å². The van der Waals surface area contributed by atoms with Gasteiger partial charge in [0.25, 0.3) is 11.5 Å². The van der Waals surface area contributed by atoms with Crippen LogP contribution >= 0.6 is 0 Å². The van der Waals surface area contributed by atoms with Crippen LogP contribution in [0.25, 0.3) is 0 Å². The van der Waals surface area contributed by atoms with Gasteiger partial charge in [0.05, 0.1) is 13.4 Å². The zero-order valence-corrected chi connectivity index (χ0v) is 14.5. The molecule has 3 aromatic rings. The summed E-state index contributed by atoms with van der Waals surface area (Å²) >= 11 is 0. The zero-order chi connectivity index (χ0) is 18.5. The molecule has 2 heterocycles. The van der Waals surface area contributed by atoms with Crippen molar-refractivity contribution in [1.82, 2.24) is 15.1 Å². The standard InChI is InChI=1S/C19H19N3O4/c1-3-22-17(23)11-10-14(21-22)19(24)20-18(16-9-6-12-26-16)13-7-4-5-8-15(13)25-2/h4-12,18H,3H2,1-2H3,(H,20,24). The van der Waals surface area contributed by atoms with E-state index in [-0.39, 0.29) is 11.3 Å². The molecular weight excluding hydrogens is 334 g/mol. The molecule has 26 heavy (non-hydrogen) atoms. The van der Waals surface area contributed by atoms with Crippen molar-refractivity contribution in [1.29, 1.82) is 0 Å². The van der Waals surface area contributed by atoms with E-state index in [2.05, 4.69) is 10.4 Å². The first-order chi connectivity index (χ1) is 12.6. The summed E-state index contributed by atoms with van der Waals surface area (Å²) in [6.07, 6.45) is 1.54. The predicted octanol–water partition coefficient (Wildman–Crippen LogP) is 2.38. The van der Waals surface area contributed by atoms with Crippen LogP contribution in [0.2, 0.25) is 0 Å². The lowest BCUT2D eigenvalue weighted by molar-refractivity contribution is 0.0931. The molecule has 1 N–H and O–H groups in total. The van der Waals surface area contributed by atoms with Crippen LogP contribution in [0.1, 0.15) is 34.8 Å². The van der Waals surface area contributed by atoms with E-state index >= 15 is 0 Å². The first kappa shape index (κ1) is 17.5. The van der Waals surface area contributed by atoms with E-state index < -0.39 is 11.9 Å². The number of nitrogens with zero attached hydrogens (tertiary/aromatic N) is 2. The maximum atomic E-state index is 12.7. The molecule has 7 nitrogen and oxygen atoms in total. The molecule has 2 aromatic heterocycles. The summed E-state index contributed by atoms with van der Waals surface area (Å²) in [5, 5.41) is 7.00. The van der Waals surface area contributed by atoms with Gasteiger partial charge in [-0.25, -0.2) is 4.68 Å². The van der Waals surface area contributed by atoms with Crippen LogP contribution in [0.15, 0.2) is 64.0 Å². The van der Waals surface area contributed by atoms with Crippen LogP contribution in [0.3, 0.4) is 0 Å². The number of para-hydroxylation sites is 1. The van der Waals surface area contributed by atoms with Gasteiger partial charge < -0.3 is 14.5 Å². The van der Waals surface area contributed by atoms with Crippen LogP contribution in [0.4, 0.5) is 0 Å². The normalized spacial score (nSPS) is 11.8. The number of nitrogens with one attached hydrogen (secondary N) is 1. The van der Waals surface area contributed by atoms with Gasteiger partial charge in [0, 0.05) is 18.2 Å². The third-order valence-corrected chi connectivity index (χ3v) is 3.95. The summed E-state index contributed by atoms with van der Waals surface area (Å²) < 4.78 is 12.2. The van der Waals surface area contributed by atoms with Crippen molar-refractivity contribution in [2.24, 2.45) is 0 Å². The third kappa shape index (κ3) is 3.51. The monoisotopic (exact) mass is 353 g/mol. The number of carbonyl (C=O) groups is 1. The Balaban J connectivity index is 1.96. The van der Waals surface area contributed by atoms with E-state index in [0.717, 1.165) is 5.56 Å². The molecule has 1 unspecified atom stereocenters. The fourth-order valence-electron chi connectivity index (χ4n) is 2.66. The second-order valence-electron chi connectivity index (χ2n) is 5.54. The summed E-state index contributed by atoms with van der Waals surface area (Å²) in [5.74, 6) is 0.770. The number of aromatic nitrogens is 2. The number of hydrogen-bond acceptors (Lipinski definition) is 5. The topological polar surface area (TPSA) is 86.4 Å². The van der Waals surface area contributed by atoms with E-state index in [9.17, 15) is 9.59 Å². The van der Waals surface area contributed by atoms with Crippen molar-refractivity contribution in [3.05, 3.63) is 82.2 Å². The molecule has 0 saturated carbocycles. The van der Waals surface area contributed by atoms with Crippen molar-refractivity contribution in [2.75, 3.05) is 7.11 Å². The summed E-state index contributed by atoms with van der Waals surface area (Å²) in [6, 6.07) is 13.1. The highest BCUT2D eigenvalue weighted by Crippen LogP contribution is 2.30. The number of benzene rings is 1. The minimum absolute atomic E-state index is 0.151. The number of ether oxygens (including phenoxy) is 1. The molecule has 1 atom stereocenters. The molecule has 0 radical (unpaired) electrons. The van der Waals surface area contributed by atoms with Gasteiger partial charge in [-0.3, -0.25) is 9.59 Å². The molecule has 0 fully saturated rings. The number of aryl methyl sites for hydroxylation is 1. The quantitative estimate of drug-likeness (QED) is 0.735. The van der Waals surface area contributed by atoms with E-state index in [4.69, 9.17) is 9.15 Å². The van der Waals surface area contributed by atoms with Gasteiger partial charge in [-0.2, -0.15) is 5.10 Å². The highest BCUT2D eigenvalue weighted by atomic mass is 16.5. The molecule has 0 aliphatic heterocycles. The highest BCUT2D eigenvalue weighted by molar-refractivity contribution is 5.92. The second-order valence-corrected chi connectivity index (χ2v) is 5.54. The molecule has 0 saturated heterocycles. The molecular formula is C19H19N3O4. The lowest BCUT2D eigenvalue weighted by Crippen LogP contribution is -2.32. The van der Waals surface area contributed by atoms with E-state index in [1.807, 2.05) is 24.3 Å². The van der Waals surface area contributed by atoms with Gasteiger partial charge in [0.1, 0.15) is 23.2 Å². The van der Waals surface area contributed by atoms with Crippen molar-refractivity contribution >= 4 is 5.91 Å². The van der Waals surface area contributed by atoms with Crippen molar-refractivity contribution in [2.45, 2.75) is 19.5 Å². The van der Waals surface area contributed by atoms with Crippen LogP contribution in [0.5, 0.6) is 5.75 Å². The Bertz CT molecular complexity index is 947. The molecule has 1 aromatic carbocycles. The van der Waals surface area contributed by atoms with E-state index in [1.165, 1.54) is 16.8 Å². The Morgan fingerprint density at radius 3 is 2.73 bits per heavy atom. The number of amides is 1. The average molecular weight is 353 g/mol. The number of furan rings is 1. The smallest absolute Gasteiger partial charge is 0.272 e. The minimum Gasteiger partial charge on any atom is -0.496 e. The molecule has 0 bridgehead atoms. The summed E-state index contributed by atoms with van der Waals surface area (Å²) in [7, 11) is 1.57. The Morgan fingerprint density at radius 1 is 1.23 bits per heavy atom. The van der Waals surface area contributed by atoms with Crippen molar-refractivity contribution < 1.29 is 13.9 Å². The Kier molecular flexibility index (Phi) is 5.17. The molecule has 0 aliphatic carbocycles. The molecule has 1 amide bonds. The highest BCUT2D eigenvalue weighted by Gasteiger charge is 2.24. The maximum absolute atomic E-state index is 12.7. The Morgan fingerprint density at radius 2 is 2.04 bits per heavy atom. The lowest BCUT2D eigenvalue weighted by atomic mass is 10.0. The van der Waals surface area contributed by atoms with Crippen LogP contribution < -0.4 is 15.6 Å². The number of carbonyl (C=O) groups excluding carboxylic acids is 1. The maximum Gasteiger partial charge on any atom is 0.272 e. The Labute approximate surface area is 150 Å². The fourth-order valence-corrected chi connectivity index (χ4v) is 2.66. The van der Waals surface area contributed by atoms with Gasteiger partial charge in [-0.05, 0) is 31.2 Å². The second kappa shape index (κ2) is 7.69. The molecule has 7 heteroatoms. The van der Waals surface area contributed by atoms with Gasteiger partial charge in [0.15, 0.2) is 0 Å². The molecule has 134 valence electrons. The third-order valence-electron chi connectivity index (χ3n) is 3.95. The van der Waals surface area contributed by atoms with Gasteiger partial charge >= 0.3 is 0 Å². The van der Waals surface area contributed by atoms with E-state index in [0.29, 0.717) is 18.1 Å². The van der Waals surface area contributed by atoms with Crippen LogP contribution in [-0.2, 0) is 6.54 Å². The molecule has 0 aliphatic rings. The zero-order valence-electron chi connectivity index (χ0n) is 14.5. The first-order valence-corrected chi connectivity index (χ1v) is 8.19.